The monoisotopic (exact) mass is 185 g/mol. The number of hydrogen-bond donors (Lipinski definition) is 1. The van der Waals surface area contributed by atoms with Crippen molar-refractivity contribution >= 4 is 11.6 Å². The predicted octanol–water partition coefficient (Wildman–Crippen LogP) is 2.51. The summed E-state index contributed by atoms with van der Waals surface area (Å²) in [5, 5.41) is 3.83. The van der Waals surface area contributed by atoms with Crippen LogP contribution in [0, 0.1) is 5.82 Å². The molecule has 0 saturated carbocycles. The minimum atomic E-state index is -0.219. The molecule has 1 nitrogen and oxygen atoms in total. The van der Waals surface area contributed by atoms with Crippen LogP contribution in [-0.2, 0) is 0 Å². The second-order valence-electron chi connectivity index (χ2n) is 2.96. The van der Waals surface area contributed by atoms with Crippen LogP contribution in [-0.4, -0.2) is 6.54 Å². The minimum Gasteiger partial charge on any atom is -0.310 e. The Morgan fingerprint density at radius 3 is 2.83 bits per heavy atom. The smallest absolute Gasteiger partial charge is 0.123 e. The van der Waals surface area contributed by atoms with Crippen LogP contribution in [0.5, 0.6) is 0 Å². The normalized spacial score (nSPS) is 22.0. The Bertz CT molecular complexity index is 297. The van der Waals surface area contributed by atoms with Gasteiger partial charge in [-0.3, -0.25) is 0 Å². The maximum absolute atomic E-state index is 12.8. The van der Waals surface area contributed by atoms with Crippen LogP contribution in [0.2, 0.25) is 5.02 Å². The van der Waals surface area contributed by atoms with E-state index in [1.54, 1.807) is 6.07 Å². The van der Waals surface area contributed by atoms with Crippen LogP contribution in [0.1, 0.15) is 18.0 Å². The molecule has 1 aromatic carbocycles. The Hall–Kier alpha value is -0.600. The Morgan fingerprint density at radius 2 is 2.25 bits per heavy atom. The summed E-state index contributed by atoms with van der Waals surface area (Å²) in [6, 6.07) is 4.74. The average Bonchev–Trinajstić information content (AvgIpc) is 1.93. The lowest BCUT2D eigenvalue weighted by molar-refractivity contribution is 0.382. The number of hydrogen-bond acceptors (Lipinski definition) is 1. The summed E-state index contributed by atoms with van der Waals surface area (Å²) in [4.78, 5) is 0. The molecule has 0 spiro atoms. The molecule has 1 heterocycles. The molecule has 12 heavy (non-hydrogen) atoms. The van der Waals surface area contributed by atoms with E-state index in [4.69, 9.17) is 11.6 Å². The van der Waals surface area contributed by atoms with Gasteiger partial charge in [-0.25, -0.2) is 4.39 Å². The Morgan fingerprint density at radius 1 is 1.50 bits per heavy atom. The molecule has 1 N–H and O–H groups in total. The summed E-state index contributed by atoms with van der Waals surface area (Å²) in [6.07, 6.45) is 1.04. The minimum absolute atomic E-state index is 0.219. The fourth-order valence-electron chi connectivity index (χ4n) is 1.34. The molecule has 0 amide bonds. The lowest BCUT2D eigenvalue weighted by Gasteiger charge is -2.28. The van der Waals surface area contributed by atoms with Crippen molar-refractivity contribution in [1.29, 1.82) is 0 Å². The third-order valence-corrected chi connectivity index (χ3v) is 2.50. The maximum Gasteiger partial charge on any atom is 0.123 e. The lowest BCUT2D eigenvalue weighted by Crippen LogP contribution is -2.35. The highest BCUT2D eigenvalue weighted by Gasteiger charge is 2.20. The first kappa shape index (κ1) is 8.02. The van der Waals surface area contributed by atoms with Crippen LogP contribution in [0.15, 0.2) is 18.2 Å². The molecule has 2 rings (SSSR count). The molecule has 1 fully saturated rings. The second-order valence-corrected chi connectivity index (χ2v) is 3.37. The molecule has 1 aliphatic rings. The summed E-state index contributed by atoms with van der Waals surface area (Å²) in [5.41, 5.74) is 0.878. The van der Waals surface area contributed by atoms with E-state index in [9.17, 15) is 4.39 Å². The van der Waals surface area contributed by atoms with Gasteiger partial charge in [0.1, 0.15) is 5.82 Å². The molecule has 1 aliphatic heterocycles. The van der Waals surface area contributed by atoms with Crippen LogP contribution in [0.4, 0.5) is 4.39 Å². The Labute approximate surface area is 75.5 Å². The SMILES string of the molecule is Fc1ccc(Cl)c([C@H]2CCN2)c1. The molecular formula is C9H9ClFN. The van der Waals surface area contributed by atoms with E-state index in [2.05, 4.69) is 5.32 Å². The zero-order valence-corrected chi connectivity index (χ0v) is 7.24. The van der Waals surface area contributed by atoms with Gasteiger partial charge >= 0.3 is 0 Å². The van der Waals surface area contributed by atoms with Gasteiger partial charge in [-0.15, -0.1) is 0 Å². The summed E-state index contributed by atoms with van der Waals surface area (Å²) < 4.78 is 12.8. The van der Waals surface area contributed by atoms with Crippen LogP contribution >= 0.6 is 11.6 Å². The fourth-order valence-corrected chi connectivity index (χ4v) is 1.59. The molecule has 1 aromatic rings. The standard InChI is InChI=1S/C9H9ClFN/c10-8-2-1-6(11)5-7(8)9-3-4-12-9/h1-2,5,9,12H,3-4H2/t9-/m1/s1. The van der Waals surface area contributed by atoms with Crippen molar-refractivity contribution in [2.45, 2.75) is 12.5 Å². The largest absolute Gasteiger partial charge is 0.310 e. The lowest BCUT2D eigenvalue weighted by atomic mass is 9.98. The van der Waals surface area contributed by atoms with Gasteiger partial charge in [0, 0.05) is 11.1 Å². The summed E-state index contributed by atoms with van der Waals surface area (Å²) in [5.74, 6) is -0.219. The molecule has 1 saturated heterocycles. The molecule has 1 atom stereocenters. The zero-order chi connectivity index (χ0) is 8.55. The maximum atomic E-state index is 12.8. The number of nitrogens with one attached hydrogen (secondary N) is 1. The van der Waals surface area contributed by atoms with Crippen LogP contribution in [0.3, 0.4) is 0 Å². The molecule has 3 heteroatoms. The highest BCUT2D eigenvalue weighted by molar-refractivity contribution is 6.31. The zero-order valence-electron chi connectivity index (χ0n) is 6.48. The van der Waals surface area contributed by atoms with Gasteiger partial charge in [0.25, 0.3) is 0 Å². The van der Waals surface area contributed by atoms with Gasteiger partial charge in [0.15, 0.2) is 0 Å². The molecule has 0 aliphatic carbocycles. The molecule has 0 unspecified atom stereocenters. The van der Waals surface area contributed by atoms with E-state index < -0.39 is 0 Å². The summed E-state index contributed by atoms with van der Waals surface area (Å²) in [6.45, 7) is 0.998. The molecule has 0 aromatic heterocycles. The van der Waals surface area contributed by atoms with Gasteiger partial charge in [-0.2, -0.15) is 0 Å². The van der Waals surface area contributed by atoms with Crippen molar-refractivity contribution in [3.63, 3.8) is 0 Å². The third-order valence-electron chi connectivity index (χ3n) is 2.16. The van der Waals surface area contributed by atoms with E-state index in [-0.39, 0.29) is 11.9 Å². The van der Waals surface area contributed by atoms with Crippen molar-refractivity contribution in [2.24, 2.45) is 0 Å². The Kier molecular flexibility index (Phi) is 2.03. The first-order chi connectivity index (χ1) is 5.77. The first-order valence-corrected chi connectivity index (χ1v) is 4.33. The summed E-state index contributed by atoms with van der Waals surface area (Å²) in [7, 11) is 0. The van der Waals surface area contributed by atoms with E-state index in [1.807, 2.05) is 0 Å². The Balaban J connectivity index is 2.34. The second kappa shape index (κ2) is 3.04. The van der Waals surface area contributed by atoms with Crippen LogP contribution < -0.4 is 5.32 Å². The van der Waals surface area contributed by atoms with E-state index in [1.165, 1.54) is 12.1 Å². The topological polar surface area (TPSA) is 12.0 Å². The van der Waals surface area contributed by atoms with Gasteiger partial charge in [-0.05, 0) is 36.7 Å². The van der Waals surface area contributed by atoms with Gasteiger partial charge in [-0.1, -0.05) is 11.6 Å². The van der Waals surface area contributed by atoms with Gasteiger partial charge < -0.3 is 5.32 Å². The highest BCUT2D eigenvalue weighted by Crippen LogP contribution is 2.29. The van der Waals surface area contributed by atoms with Gasteiger partial charge in [0.05, 0.1) is 0 Å². The third kappa shape index (κ3) is 1.32. The first-order valence-electron chi connectivity index (χ1n) is 3.96. The molecule has 0 bridgehead atoms. The van der Waals surface area contributed by atoms with E-state index in [0.29, 0.717) is 5.02 Å². The van der Waals surface area contributed by atoms with Crippen molar-refractivity contribution in [3.8, 4) is 0 Å². The molecule has 64 valence electrons. The van der Waals surface area contributed by atoms with Crippen molar-refractivity contribution in [3.05, 3.63) is 34.6 Å². The molecular weight excluding hydrogens is 177 g/mol. The quantitative estimate of drug-likeness (QED) is 0.709. The fraction of sp³-hybridized carbons (Fsp3) is 0.333. The van der Waals surface area contributed by atoms with Crippen molar-refractivity contribution in [2.75, 3.05) is 6.54 Å². The number of benzene rings is 1. The summed E-state index contributed by atoms with van der Waals surface area (Å²) >= 11 is 5.90. The van der Waals surface area contributed by atoms with Crippen molar-refractivity contribution in [1.82, 2.24) is 5.32 Å². The average molecular weight is 186 g/mol. The van der Waals surface area contributed by atoms with Gasteiger partial charge in [0.2, 0.25) is 0 Å². The van der Waals surface area contributed by atoms with E-state index >= 15 is 0 Å². The van der Waals surface area contributed by atoms with Crippen molar-refractivity contribution < 1.29 is 4.39 Å². The predicted molar refractivity (Wildman–Crippen MR) is 46.8 cm³/mol. The van der Waals surface area contributed by atoms with E-state index in [0.717, 1.165) is 18.5 Å². The highest BCUT2D eigenvalue weighted by atomic mass is 35.5. The molecule has 0 radical (unpaired) electrons. The number of rotatable bonds is 1. The number of halogens is 2. The van der Waals surface area contributed by atoms with Crippen LogP contribution in [0.25, 0.3) is 0 Å².